The Morgan fingerprint density at radius 3 is 1.83 bits per heavy atom. The first-order valence-corrected chi connectivity index (χ1v) is 9.41. The number of rotatable bonds is 9. The number of aryl methyl sites for hydroxylation is 1. The lowest BCUT2D eigenvalue weighted by atomic mass is 9.90. The number of allylic oxidation sites excluding steroid dienone is 1. The third kappa shape index (κ3) is 4.81. The summed E-state index contributed by atoms with van der Waals surface area (Å²) >= 11 is 0. The Balaban J connectivity index is 2.20. The molecule has 152 valence electrons. The maximum atomic E-state index is 5.33. The first-order valence-electron chi connectivity index (χ1n) is 9.41. The molecule has 0 unspecified atom stereocenters. The molecule has 0 atom stereocenters. The fraction of sp³-hybridized carbons (Fsp3) is 0.318. The number of nitrogens with zero attached hydrogens (tertiary/aromatic N) is 4. The molecule has 0 bridgehead atoms. The molecule has 0 amide bonds. The van der Waals surface area contributed by atoms with Crippen molar-refractivity contribution in [2.24, 2.45) is 7.05 Å². The van der Waals surface area contributed by atoms with Crippen LogP contribution in [0.4, 0.5) is 0 Å². The molecule has 0 fully saturated rings. The van der Waals surface area contributed by atoms with Gasteiger partial charge in [0.2, 0.25) is 0 Å². The summed E-state index contributed by atoms with van der Waals surface area (Å²) in [5, 5.41) is 12.2. The summed E-state index contributed by atoms with van der Waals surface area (Å²) in [6, 6.07) is 16.1. The van der Waals surface area contributed by atoms with Crippen LogP contribution in [0, 0.1) is 0 Å². The number of hydrogen-bond acceptors (Lipinski definition) is 6. The number of tetrazole rings is 1. The molecule has 2 aromatic carbocycles. The minimum absolute atomic E-state index is 0.660. The number of aromatic nitrogens is 4. The first kappa shape index (κ1) is 20.5. The summed E-state index contributed by atoms with van der Waals surface area (Å²) in [6.45, 7) is 0.660. The number of benzene rings is 2. The van der Waals surface area contributed by atoms with Crippen LogP contribution < -0.4 is 9.47 Å². The Labute approximate surface area is 170 Å². The molecule has 1 aromatic heterocycles. The van der Waals surface area contributed by atoms with Gasteiger partial charge < -0.3 is 14.2 Å². The number of ether oxygens (including phenoxy) is 3. The average Bonchev–Trinajstić information content (AvgIpc) is 3.19. The lowest BCUT2D eigenvalue weighted by molar-refractivity contribution is 0.196. The van der Waals surface area contributed by atoms with Crippen LogP contribution in [-0.4, -0.2) is 48.1 Å². The maximum absolute atomic E-state index is 5.33. The fourth-order valence-corrected chi connectivity index (χ4v) is 3.26. The van der Waals surface area contributed by atoms with Crippen molar-refractivity contribution in [3.8, 4) is 11.5 Å². The predicted molar refractivity (Wildman–Crippen MR) is 112 cm³/mol. The van der Waals surface area contributed by atoms with Crippen LogP contribution in [0.15, 0.2) is 48.5 Å². The third-order valence-electron chi connectivity index (χ3n) is 4.72. The van der Waals surface area contributed by atoms with Gasteiger partial charge in [0.25, 0.3) is 0 Å². The molecule has 7 heteroatoms. The average molecular weight is 394 g/mol. The highest BCUT2D eigenvalue weighted by Crippen LogP contribution is 2.35. The van der Waals surface area contributed by atoms with Crippen LogP contribution in [-0.2, 0) is 11.8 Å². The van der Waals surface area contributed by atoms with Crippen LogP contribution in [0.25, 0.3) is 11.1 Å². The smallest absolute Gasteiger partial charge is 0.178 e. The molecule has 3 aromatic rings. The standard InChI is InChI=1S/C22H26N4O3/c1-26-22(23-24-25-26)20(6-5-15-27-2)21(16-7-11-18(28-3)12-8-16)17-9-13-19(29-4)14-10-17/h7-14H,5-6,15H2,1-4H3. The molecule has 0 aliphatic carbocycles. The van der Waals surface area contributed by atoms with Gasteiger partial charge in [-0.1, -0.05) is 24.3 Å². The van der Waals surface area contributed by atoms with E-state index in [9.17, 15) is 0 Å². The van der Waals surface area contributed by atoms with E-state index in [-0.39, 0.29) is 0 Å². The Morgan fingerprint density at radius 1 is 0.862 bits per heavy atom. The highest BCUT2D eigenvalue weighted by molar-refractivity contribution is 5.97. The fourth-order valence-electron chi connectivity index (χ4n) is 3.26. The highest BCUT2D eigenvalue weighted by Gasteiger charge is 2.18. The van der Waals surface area contributed by atoms with Gasteiger partial charge in [-0.2, -0.15) is 0 Å². The predicted octanol–water partition coefficient (Wildman–Crippen LogP) is 3.61. The molecular weight excluding hydrogens is 368 g/mol. The SMILES string of the molecule is COCCCC(=C(c1ccc(OC)cc1)c1ccc(OC)cc1)c1nnnn1C. The van der Waals surface area contributed by atoms with E-state index in [0.717, 1.165) is 52.4 Å². The first-order chi connectivity index (χ1) is 14.2. The van der Waals surface area contributed by atoms with E-state index in [1.807, 2.05) is 31.3 Å². The molecule has 0 radical (unpaired) electrons. The van der Waals surface area contributed by atoms with Gasteiger partial charge in [-0.3, -0.25) is 0 Å². The van der Waals surface area contributed by atoms with Gasteiger partial charge in [0.15, 0.2) is 5.82 Å². The van der Waals surface area contributed by atoms with Crippen LogP contribution in [0.5, 0.6) is 11.5 Å². The van der Waals surface area contributed by atoms with E-state index < -0.39 is 0 Å². The second-order valence-electron chi connectivity index (χ2n) is 6.53. The van der Waals surface area contributed by atoms with Crippen molar-refractivity contribution in [1.82, 2.24) is 20.2 Å². The van der Waals surface area contributed by atoms with Gasteiger partial charge in [0.1, 0.15) is 11.5 Å². The number of hydrogen-bond donors (Lipinski definition) is 0. The summed E-state index contributed by atoms with van der Waals surface area (Å²) < 4.78 is 17.6. The molecular formula is C22H26N4O3. The molecule has 0 saturated heterocycles. The molecule has 3 rings (SSSR count). The Hall–Kier alpha value is -3.19. The second-order valence-corrected chi connectivity index (χ2v) is 6.53. The lowest BCUT2D eigenvalue weighted by Gasteiger charge is -2.17. The van der Waals surface area contributed by atoms with E-state index in [4.69, 9.17) is 14.2 Å². The van der Waals surface area contributed by atoms with Gasteiger partial charge in [-0.25, -0.2) is 4.68 Å². The topological polar surface area (TPSA) is 71.3 Å². The third-order valence-corrected chi connectivity index (χ3v) is 4.72. The summed E-state index contributed by atoms with van der Waals surface area (Å²) in [6.07, 6.45) is 1.63. The monoisotopic (exact) mass is 394 g/mol. The van der Waals surface area contributed by atoms with Gasteiger partial charge >= 0.3 is 0 Å². The minimum atomic E-state index is 0.660. The molecule has 0 spiro atoms. The van der Waals surface area contributed by atoms with Gasteiger partial charge in [-0.15, -0.1) is 5.10 Å². The van der Waals surface area contributed by atoms with Crippen molar-refractivity contribution in [2.45, 2.75) is 12.8 Å². The van der Waals surface area contributed by atoms with E-state index in [2.05, 4.69) is 39.8 Å². The molecule has 0 aliphatic heterocycles. The van der Waals surface area contributed by atoms with Crippen LogP contribution in [0.2, 0.25) is 0 Å². The van der Waals surface area contributed by atoms with Gasteiger partial charge in [-0.05, 0) is 64.2 Å². The second kappa shape index (κ2) is 9.84. The van der Waals surface area contributed by atoms with Crippen LogP contribution in [0.3, 0.4) is 0 Å². The van der Waals surface area contributed by atoms with E-state index in [1.165, 1.54) is 0 Å². The molecule has 29 heavy (non-hydrogen) atoms. The maximum Gasteiger partial charge on any atom is 0.178 e. The van der Waals surface area contributed by atoms with Crippen molar-refractivity contribution in [1.29, 1.82) is 0 Å². The van der Waals surface area contributed by atoms with E-state index in [1.54, 1.807) is 26.0 Å². The molecule has 1 heterocycles. The highest BCUT2D eigenvalue weighted by atomic mass is 16.5. The quantitative estimate of drug-likeness (QED) is 0.516. The lowest BCUT2D eigenvalue weighted by Crippen LogP contribution is -2.04. The van der Waals surface area contributed by atoms with Crippen molar-refractivity contribution in [3.63, 3.8) is 0 Å². The normalized spacial score (nSPS) is 10.6. The Kier molecular flexibility index (Phi) is 6.97. The molecule has 7 nitrogen and oxygen atoms in total. The van der Waals surface area contributed by atoms with Gasteiger partial charge in [0.05, 0.1) is 14.2 Å². The van der Waals surface area contributed by atoms with Crippen molar-refractivity contribution < 1.29 is 14.2 Å². The zero-order valence-electron chi connectivity index (χ0n) is 17.3. The largest absolute Gasteiger partial charge is 0.497 e. The minimum Gasteiger partial charge on any atom is -0.497 e. The van der Waals surface area contributed by atoms with Crippen LogP contribution in [0.1, 0.15) is 29.8 Å². The van der Waals surface area contributed by atoms with Gasteiger partial charge in [0, 0.05) is 26.3 Å². The van der Waals surface area contributed by atoms with E-state index in [0.29, 0.717) is 6.61 Å². The van der Waals surface area contributed by atoms with Crippen LogP contribution >= 0.6 is 0 Å². The van der Waals surface area contributed by atoms with Crippen molar-refractivity contribution >= 4 is 11.1 Å². The Bertz CT molecular complexity index is 897. The molecule has 0 saturated carbocycles. The molecule has 0 N–H and O–H groups in total. The molecule has 0 aliphatic rings. The zero-order valence-corrected chi connectivity index (χ0v) is 17.3. The Morgan fingerprint density at radius 2 is 1.41 bits per heavy atom. The van der Waals surface area contributed by atoms with E-state index >= 15 is 0 Å². The van der Waals surface area contributed by atoms with Crippen molar-refractivity contribution in [3.05, 3.63) is 65.5 Å². The summed E-state index contributed by atoms with van der Waals surface area (Å²) in [5.41, 5.74) is 4.26. The van der Waals surface area contributed by atoms with Crippen molar-refractivity contribution in [2.75, 3.05) is 27.9 Å². The summed E-state index contributed by atoms with van der Waals surface area (Å²) in [7, 11) is 6.89. The summed E-state index contributed by atoms with van der Waals surface area (Å²) in [4.78, 5) is 0. The summed E-state index contributed by atoms with van der Waals surface area (Å²) in [5.74, 6) is 2.36. The zero-order chi connectivity index (χ0) is 20.6. The number of methoxy groups -OCH3 is 3.